The molecule has 2 N–H and O–H groups in total. The van der Waals surface area contributed by atoms with Gasteiger partial charge in [-0.2, -0.15) is 5.10 Å². The Kier molecular flexibility index (Phi) is 4.17. The van der Waals surface area contributed by atoms with E-state index >= 15 is 0 Å². The Balaban J connectivity index is 1.81. The van der Waals surface area contributed by atoms with Gasteiger partial charge in [0.15, 0.2) is 0 Å². The van der Waals surface area contributed by atoms with Crippen molar-refractivity contribution in [3.05, 3.63) is 46.7 Å². The van der Waals surface area contributed by atoms with Gasteiger partial charge in [-0.05, 0) is 30.3 Å². The van der Waals surface area contributed by atoms with Crippen LogP contribution in [0.25, 0.3) is 0 Å². The van der Waals surface area contributed by atoms with E-state index in [4.69, 9.17) is 10.5 Å². The first-order chi connectivity index (χ1) is 8.28. The normalized spacial score (nSPS) is 10.5. The Morgan fingerprint density at radius 3 is 2.65 bits per heavy atom. The highest BCUT2D eigenvalue weighted by atomic mass is 79.9. The Labute approximate surface area is 109 Å². The Morgan fingerprint density at radius 2 is 2.00 bits per heavy atom. The molecule has 0 aliphatic heterocycles. The molecule has 0 fully saturated rings. The van der Waals surface area contributed by atoms with Crippen molar-refractivity contribution >= 4 is 15.9 Å². The standard InChI is InChI=1S/C12H14BrN3O/c13-10-1-3-12(4-2-10)17-8-7-16-6-5-11(9-14)15-16/h1-6H,7-9,14H2. The van der Waals surface area contributed by atoms with Crippen molar-refractivity contribution < 1.29 is 4.74 Å². The SMILES string of the molecule is NCc1ccn(CCOc2ccc(Br)cc2)n1. The first kappa shape index (κ1) is 12.1. The number of hydrogen-bond acceptors (Lipinski definition) is 3. The summed E-state index contributed by atoms with van der Waals surface area (Å²) in [6, 6.07) is 9.68. The zero-order valence-electron chi connectivity index (χ0n) is 9.34. The minimum atomic E-state index is 0.473. The van der Waals surface area contributed by atoms with Gasteiger partial charge in [0.1, 0.15) is 12.4 Å². The van der Waals surface area contributed by atoms with Gasteiger partial charge < -0.3 is 10.5 Å². The first-order valence-corrected chi connectivity index (χ1v) is 6.18. The number of benzene rings is 1. The quantitative estimate of drug-likeness (QED) is 0.920. The molecule has 4 nitrogen and oxygen atoms in total. The van der Waals surface area contributed by atoms with Crippen LogP contribution in [0.2, 0.25) is 0 Å². The lowest BCUT2D eigenvalue weighted by atomic mass is 10.3. The number of nitrogens with two attached hydrogens (primary N) is 1. The summed E-state index contributed by atoms with van der Waals surface area (Å²) in [6.07, 6.45) is 1.91. The van der Waals surface area contributed by atoms with E-state index in [1.165, 1.54) is 0 Å². The fourth-order valence-electron chi connectivity index (χ4n) is 1.42. The van der Waals surface area contributed by atoms with Crippen LogP contribution in [0.15, 0.2) is 41.0 Å². The summed E-state index contributed by atoms with van der Waals surface area (Å²) in [6.45, 7) is 1.78. The lowest BCUT2D eigenvalue weighted by Crippen LogP contribution is -2.09. The zero-order valence-corrected chi connectivity index (χ0v) is 10.9. The Morgan fingerprint density at radius 1 is 1.24 bits per heavy atom. The molecule has 0 saturated heterocycles. The predicted molar refractivity (Wildman–Crippen MR) is 69.8 cm³/mol. The van der Waals surface area contributed by atoms with Gasteiger partial charge in [0.2, 0.25) is 0 Å². The minimum Gasteiger partial charge on any atom is -0.492 e. The zero-order chi connectivity index (χ0) is 12.1. The molecule has 0 saturated carbocycles. The third-order valence-corrected chi connectivity index (χ3v) is 2.84. The summed E-state index contributed by atoms with van der Waals surface area (Å²) in [5.74, 6) is 0.861. The van der Waals surface area contributed by atoms with Crippen LogP contribution >= 0.6 is 15.9 Å². The minimum absolute atomic E-state index is 0.473. The smallest absolute Gasteiger partial charge is 0.119 e. The number of aromatic nitrogens is 2. The molecule has 5 heteroatoms. The number of hydrogen-bond donors (Lipinski definition) is 1. The summed E-state index contributed by atoms with van der Waals surface area (Å²) < 4.78 is 8.48. The van der Waals surface area contributed by atoms with Gasteiger partial charge in [0, 0.05) is 17.2 Å². The van der Waals surface area contributed by atoms with Crippen LogP contribution in [0.5, 0.6) is 5.75 Å². The number of nitrogens with zero attached hydrogens (tertiary/aromatic N) is 2. The van der Waals surface area contributed by atoms with Crippen LogP contribution in [-0.2, 0) is 13.1 Å². The van der Waals surface area contributed by atoms with Crippen LogP contribution in [0, 0.1) is 0 Å². The second-order valence-electron chi connectivity index (χ2n) is 3.58. The first-order valence-electron chi connectivity index (χ1n) is 5.38. The molecule has 17 heavy (non-hydrogen) atoms. The molecular formula is C12H14BrN3O. The molecule has 0 atom stereocenters. The maximum absolute atomic E-state index is 5.59. The summed E-state index contributed by atoms with van der Waals surface area (Å²) in [5, 5.41) is 4.28. The van der Waals surface area contributed by atoms with E-state index < -0.39 is 0 Å². The second-order valence-corrected chi connectivity index (χ2v) is 4.49. The lowest BCUT2D eigenvalue weighted by molar-refractivity contribution is 0.291. The maximum Gasteiger partial charge on any atom is 0.119 e. The van der Waals surface area contributed by atoms with E-state index in [9.17, 15) is 0 Å². The van der Waals surface area contributed by atoms with E-state index in [2.05, 4.69) is 21.0 Å². The highest BCUT2D eigenvalue weighted by Gasteiger charge is 1.97. The number of rotatable bonds is 5. The van der Waals surface area contributed by atoms with Crippen LogP contribution in [0.4, 0.5) is 0 Å². The maximum atomic E-state index is 5.59. The van der Waals surface area contributed by atoms with Gasteiger partial charge >= 0.3 is 0 Å². The van der Waals surface area contributed by atoms with Crippen molar-refractivity contribution in [2.24, 2.45) is 5.73 Å². The summed E-state index contributed by atoms with van der Waals surface area (Å²) in [5.41, 5.74) is 6.38. The molecule has 1 aromatic heterocycles. The van der Waals surface area contributed by atoms with Gasteiger partial charge in [-0.3, -0.25) is 4.68 Å². The average Bonchev–Trinajstić information content (AvgIpc) is 2.80. The topological polar surface area (TPSA) is 53.1 Å². The Hall–Kier alpha value is -1.33. The largest absolute Gasteiger partial charge is 0.492 e. The Bertz CT molecular complexity index is 467. The van der Waals surface area contributed by atoms with Gasteiger partial charge in [-0.25, -0.2) is 0 Å². The predicted octanol–water partition coefficient (Wildman–Crippen LogP) is 2.18. The van der Waals surface area contributed by atoms with E-state index in [1.54, 1.807) is 0 Å². The van der Waals surface area contributed by atoms with Crippen LogP contribution in [0.3, 0.4) is 0 Å². The van der Waals surface area contributed by atoms with Crippen molar-refractivity contribution in [2.75, 3.05) is 6.61 Å². The lowest BCUT2D eigenvalue weighted by Gasteiger charge is -2.06. The third-order valence-electron chi connectivity index (χ3n) is 2.31. The molecular weight excluding hydrogens is 282 g/mol. The molecule has 0 unspecified atom stereocenters. The molecule has 2 rings (SSSR count). The third kappa shape index (κ3) is 3.57. The van der Waals surface area contributed by atoms with Crippen molar-refractivity contribution in [3.8, 4) is 5.75 Å². The van der Waals surface area contributed by atoms with E-state index in [1.807, 2.05) is 41.2 Å². The van der Waals surface area contributed by atoms with Crippen molar-refractivity contribution in [1.29, 1.82) is 0 Å². The van der Waals surface area contributed by atoms with Crippen LogP contribution < -0.4 is 10.5 Å². The fraction of sp³-hybridized carbons (Fsp3) is 0.250. The number of halogens is 1. The molecule has 0 radical (unpaired) electrons. The summed E-state index contributed by atoms with van der Waals surface area (Å²) in [7, 11) is 0. The molecule has 0 spiro atoms. The van der Waals surface area contributed by atoms with E-state index in [0.717, 1.165) is 22.5 Å². The van der Waals surface area contributed by atoms with Crippen molar-refractivity contribution in [3.63, 3.8) is 0 Å². The molecule has 0 aliphatic carbocycles. The monoisotopic (exact) mass is 295 g/mol. The van der Waals surface area contributed by atoms with Crippen LogP contribution in [0.1, 0.15) is 5.69 Å². The molecule has 1 aromatic carbocycles. The molecule has 0 bridgehead atoms. The molecule has 0 amide bonds. The van der Waals surface area contributed by atoms with Crippen molar-refractivity contribution in [1.82, 2.24) is 9.78 Å². The second kappa shape index (κ2) is 5.84. The van der Waals surface area contributed by atoms with Crippen LogP contribution in [-0.4, -0.2) is 16.4 Å². The highest BCUT2D eigenvalue weighted by molar-refractivity contribution is 9.10. The van der Waals surface area contributed by atoms with Crippen molar-refractivity contribution in [2.45, 2.75) is 13.1 Å². The van der Waals surface area contributed by atoms with E-state index in [0.29, 0.717) is 13.2 Å². The average molecular weight is 296 g/mol. The summed E-state index contributed by atoms with van der Waals surface area (Å²) in [4.78, 5) is 0. The molecule has 0 aliphatic rings. The van der Waals surface area contributed by atoms with Gasteiger partial charge in [0.05, 0.1) is 12.2 Å². The van der Waals surface area contributed by atoms with E-state index in [-0.39, 0.29) is 0 Å². The summed E-state index contributed by atoms with van der Waals surface area (Å²) >= 11 is 3.38. The highest BCUT2D eigenvalue weighted by Crippen LogP contribution is 2.15. The van der Waals surface area contributed by atoms with Gasteiger partial charge in [0.25, 0.3) is 0 Å². The molecule has 1 heterocycles. The van der Waals surface area contributed by atoms with Gasteiger partial charge in [-0.1, -0.05) is 15.9 Å². The number of ether oxygens (including phenoxy) is 1. The fourth-order valence-corrected chi connectivity index (χ4v) is 1.69. The molecule has 2 aromatic rings. The molecule has 90 valence electrons. The van der Waals surface area contributed by atoms with Gasteiger partial charge in [-0.15, -0.1) is 0 Å².